The van der Waals surface area contributed by atoms with Gasteiger partial charge >= 0.3 is 0 Å². The number of nitrogens with zero attached hydrogens (tertiary/aromatic N) is 1. The number of aromatic nitrogens is 2. The van der Waals surface area contributed by atoms with Gasteiger partial charge in [0.25, 0.3) is 0 Å². The first kappa shape index (κ1) is 14.5. The highest BCUT2D eigenvalue weighted by atomic mass is 32.2. The van der Waals surface area contributed by atoms with Crippen LogP contribution in [0.3, 0.4) is 0 Å². The van der Waals surface area contributed by atoms with E-state index in [2.05, 4.69) is 20.2 Å². The van der Waals surface area contributed by atoms with E-state index in [4.69, 9.17) is 0 Å². The Bertz CT molecular complexity index is 636. The molecule has 0 bridgehead atoms. The molecule has 0 aliphatic heterocycles. The Labute approximate surface area is 118 Å². The number of hydrogen-bond acceptors (Lipinski definition) is 4. The number of rotatable bonds is 6. The van der Waals surface area contributed by atoms with E-state index in [0.29, 0.717) is 0 Å². The van der Waals surface area contributed by atoms with E-state index < -0.39 is 10.0 Å². The Morgan fingerprint density at radius 1 is 1.30 bits per heavy atom. The van der Waals surface area contributed by atoms with Crippen LogP contribution in [-0.2, 0) is 10.0 Å². The molecule has 20 heavy (non-hydrogen) atoms. The van der Waals surface area contributed by atoms with Crippen molar-refractivity contribution in [2.45, 2.75) is 24.8 Å². The third-order valence-corrected chi connectivity index (χ3v) is 4.45. The van der Waals surface area contributed by atoms with Crippen LogP contribution in [0.15, 0.2) is 41.6 Å². The zero-order chi connectivity index (χ0) is 14.6. The molecule has 2 aromatic rings. The maximum absolute atomic E-state index is 12.2. The van der Waals surface area contributed by atoms with Gasteiger partial charge in [-0.2, -0.15) is 5.10 Å². The lowest BCUT2D eigenvalue weighted by Crippen LogP contribution is -2.26. The molecule has 0 radical (unpaired) electrons. The minimum Gasteiger partial charge on any atom is -0.385 e. The summed E-state index contributed by atoms with van der Waals surface area (Å²) in [6, 6.07) is 6.33. The molecule has 108 valence electrons. The first-order chi connectivity index (χ1) is 9.53. The molecular formula is C13H18N4O2S. The molecule has 1 atom stereocenters. The molecule has 1 aromatic heterocycles. The van der Waals surface area contributed by atoms with Crippen molar-refractivity contribution in [3.63, 3.8) is 0 Å². The molecule has 1 heterocycles. The molecule has 0 saturated heterocycles. The van der Waals surface area contributed by atoms with Gasteiger partial charge in [-0.05, 0) is 38.1 Å². The van der Waals surface area contributed by atoms with Crippen LogP contribution in [0.1, 0.15) is 25.5 Å². The summed E-state index contributed by atoms with van der Waals surface area (Å²) in [6.07, 6.45) is 3.27. The minimum absolute atomic E-state index is 0.245. The summed E-state index contributed by atoms with van der Waals surface area (Å²) in [5, 5.41) is 9.60. The number of aromatic amines is 1. The van der Waals surface area contributed by atoms with E-state index in [0.717, 1.165) is 17.8 Å². The zero-order valence-corrected chi connectivity index (χ0v) is 12.2. The summed E-state index contributed by atoms with van der Waals surface area (Å²) in [4.78, 5) is 0.245. The van der Waals surface area contributed by atoms with Crippen LogP contribution in [0.5, 0.6) is 0 Å². The van der Waals surface area contributed by atoms with E-state index in [9.17, 15) is 8.42 Å². The van der Waals surface area contributed by atoms with Crippen molar-refractivity contribution in [2.24, 2.45) is 0 Å². The summed E-state index contributed by atoms with van der Waals surface area (Å²) in [5.41, 5.74) is 1.69. The van der Waals surface area contributed by atoms with Gasteiger partial charge in [-0.1, -0.05) is 0 Å². The fourth-order valence-corrected chi connectivity index (χ4v) is 3.05. The van der Waals surface area contributed by atoms with Gasteiger partial charge in [0.05, 0.1) is 11.1 Å². The van der Waals surface area contributed by atoms with Gasteiger partial charge in [-0.25, -0.2) is 13.1 Å². The Morgan fingerprint density at radius 3 is 2.55 bits per heavy atom. The Balaban J connectivity index is 2.13. The number of H-pyrrole nitrogens is 1. The van der Waals surface area contributed by atoms with Crippen molar-refractivity contribution < 1.29 is 8.42 Å². The third kappa shape index (κ3) is 3.37. The van der Waals surface area contributed by atoms with Crippen LogP contribution in [0.2, 0.25) is 0 Å². The molecule has 7 heteroatoms. The van der Waals surface area contributed by atoms with Gasteiger partial charge in [0.1, 0.15) is 0 Å². The lowest BCUT2D eigenvalue weighted by atomic mass is 10.2. The Hall–Kier alpha value is -1.86. The smallest absolute Gasteiger partial charge is 0.241 e. The minimum atomic E-state index is -3.54. The average Bonchev–Trinajstić information content (AvgIpc) is 2.93. The summed E-state index contributed by atoms with van der Waals surface area (Å²) in [6.45, 7) is 4.55. The van der Waals surface area contributed by atoms with Crippen LogP contribution < -0.4 is 10.0 Å². The van der Waals surface area contributed by atoms with Crippen molar-refractivity contribution in [3.8, 4) is 0 Å². The monoisotopic (exact) mass is 294 g/mol. The predicted molar refractivity (Wildman–Crippen MR) is 77.9 cm³/mol. The van der Waals surface area contributed by atoms with Gasteiger partial charge in [0.2, 0.25) is 10.0 Å². The van der Waals surface area contributed by atoms with Crippen molar-refractivity contribution >= 4 is 15.7 Å². The van der Waals surface area contributed by atoms with Crippen LogP contribution in [0.25, 0.3) is 0 Å². The maximum Gasteiger partial charge on any atom is 0.241 e. The number of benzene rings is 1. The van der Waals surface area contributed by atoms with Gasteiger partial charge in [0, 0.05) is 30.0 Å². The van der Waals surface area contributed by atoms with E-state index in [1.54, 1.807) is 43.6 Å². The van der Waals surface area contributed by atoms with Gasteiger partial charge in [-0.15, -0.1) is 0 Å². The van der Waals surface area contributed by atoms with E-state index in [1.807, 2.05) is 6.92 Å². The molecule has 0 aliphatic rings. The molecule has 6 nitrogen and oxygen atoms in total. The second-order valence-electron chi connectivity index (χ2n) is 4.43. The number of sulfonamides is 1. The van der Waals surface area contributed by atoms with Crippen molar-refractivity contribution in [3.05, 3.63) is 42.2 Å². The highest BCUT2D eigenvalue weighted by Gasteiger charge is 2.18. The van der Waals surface area contributed by atoms with E-state index in [-0.39, 0.29) is 10.9 Å². The first-order valence-corrected chi connectivity index (χ1v) is 7.86. The second kappa shape index (κ2) is 6.06. The number of anilines is 1. The van der Waals surface area contributed by atoms with Gasteiger partial charge in [0.15, 0.2) is 0 Å². The van der Waals surface area contributed by atoms with Crippen LogP contribution in [0, 0.1) is 0 Å². The molecule has 0 fully saturated rings. The molecule has 3 N–H and O–H groups in total. The van der Waals surface area contributed by atoms with Crippen molar-refractivity contribution in [1.82, 2.24) is 14.9 Å². The van der Waals surface area contributed by atoms with Crippen molar-refractivity contribution in [2.75, 3.05) is 11.9 Å². The lowest BCUT2D eigenvalue weighted by Gasteiger charge is -2.13. The van der Waals surface area contributed by atoms with Crippen LogP contribution >= 0.6 is 0 Å². The summed E-state index contributed by atoms with van der Waals surface area (Å²) in [7, 11) is -3.54. The lowest BCUT2D eigenvalue weighted by molar-refractivity contribution is 0.567. The molecule has 0 amide bonds. The number of nitrogens with one attached hydrogen (secondary N) is 3. The fraction of sp³-hybridized carbons (Fsp3) is 0.308. The SMILES string of the molecule is CCNc1ccc(S(=O)(=O)NC(C)c2cn[nH]c2)cc1. The fourth-order valence-electron chi connectivity index (χ4n) is 1.82. The zero-order valence-electron chi connectivity index (χ0n) is 11.4. The van der Waals surface area contributed by atoms with Crippen LogP contribution in [-0.4, -0.2) is 25.2 Å². The largest absolute Gasteiger partial charge is 0.385 e. The second-order valence-corrected chi connectivity index (χ2v) is 6.14. The molecule has 1 aromatic carbocycles. The third-order valence-electron chi connectivity index (χ3n) is 2.90. The van der Waals surface area contributed by atoms with Crippen molar-refractivity contribution in [1.29, 1.82) is 0 Å². The summed E-state index contributed by atoms with van der Waals surface area (Å²) in [5.74, 6) is 0. The number of hydrogen-bond donors (Lipinski definition) is 3. The molecule has 0 saturated carbocycles. The summed E-state index contributed by atoms with van der Waals surface area (Å²) < 4.78 is 27.1. The quantitative estimate of drug-likeness (QED) is 0.759. The van der Waals surface area contributed by atoms with E-state index >= 15 is 0 Å². The molecule has 0 spiro atoms. The highest BCUT2D eigenvalue weighted by molar-refractivity contribution is 7.89. The standard InChI is InChI=1S/C13H18N4O2S/c1-3-14-12-4-6-13(7-5-12)20(18,19)17-10(2)11-8-15-16-9-11/h4-10,14,17H,3H2,1-2H3,(H,15,16). The highest BCUT2D eigenvalue weighted by Crippen LogP contribution is 2.17. The van der Waals surface area contributed by atoms with E-state index in [1.165, 1.54) is 0 Å². The molecular weight excluding hydrogens is 276 g/mol. The maximum atomic E-state index is 12.2. The van der Waals surface area contributed by atoms with Crippen LogP contribution in [0.4, 0.5) is 5.69 Å². The normalized spacial score (nSPS) is 13.1. The topological polar surface area (TPSA) is 86.9 Å². The predicted octanol–water partition coefficient (Wildman–Crippen LogP) is 1.88. The molecule has 0 aliphatic carbocycles. The Morgan fingerprint density at radius 2 is 2.00 bits per heavy atom. The first-order valence-electron chi connectivity index (χ1n) is 6.38. The van der Waals surface area contributed by atoms with Gasteiger partial charge < -0.3 is 5.32 Å². The summed E-state index contributed by atoms with van der Waals surface area (Å²) >= 11 is 0. The molecule has 1 unspecified atom stereocenters. The Kier molecular flexibility index (Phi) is 4.41. The molecule has 2 rings (SSSR count). The van der Waals surface area contributed by atoms with Gasteiger partial charge in [-0.3, -0.25) is 5.10 Å². The average molecular weight is 294 g/mol.